The third-order valence-electron chi connectivity index (χ3n) is 5.28. The van der Waals surface area contributed by atoms with Crippen LogP contribution < -0.4 is 14.4 Å². The van der Waals surface area contributed by atoms with Crippen LogP contribution in [0.15, 0.2) is 30.6 Å². The fourth-order valence-corrected chi connectivity index (χ4v) is 3.63. The maximum atomic E-state index is 11.4. The molecule has 0 spiro atoms. The molecule has 0 bridgehead atoms. The van der Waals surface area contributed by atoms with Crippen molar-refractivity contribution in [1.29, 1.82) is 0 Å². The first kappa shape index (κ1) is 19.4. The van der Waals surface area contributed by atoms with Gasteiger partial charge in [-0.25, -0.2) is 14.8 Å². The third kappa shape index (κ3) is 4.59. The number of hydrogen-bond acceptors (Lipinski definition) is 8. The molecule has 0 radical (unpaired) electrons. The number of piperazine rings is 1. The number of anilines is 1. The van der Waals surface area contributed by atoms with E-state index in [1.54, 1.807) is 19.3 Å². The highest BCUT2D eigenvalue weighted by molar-refractivity contribution is 5.74. The molecular formula is C21H26N4O4. The topological polar surface area (TPSA) is 77.0 Å². The first-order valence-corrected chi connectivity index (χ1v) is 9.91. The molecule has 1 saturated heterocycles. The van der Waals surface area contributed by atoms with Crippen molar-refractivity contribution in [3.63, 3.8) is 0 Å². The number of benzene rings is 1. The van der Waals surface area contributed by atoms with Gasteiger partial charge in [0.15, 0.2) is 11.9 Å². The zero-order valence-electron chi connectivity index (χ0n) is 16.8. The normalized spacial score (nSPS) is 17.4. The molecule has 2 aliphatic heterocycles. The highest BCUT2D eigenvalue weighted by Crippen LogP contribution is 2.27. The van der Waals surface area contributed by atoms with Crippen molar-refractivity contribution >= 4 is 11.9 Å². The van der Waals surface area contributed by atoms with Crippen molar-refractivity contribution in [2.75, 3.05) is 44.8 Å². The van der Waals surface area contributed by atoms with Crippen molar-refractivity contribution in [1.82, 2.24) is 14.9 Å². The number of aromatic nitrogens is 2. The summed E-state index contributed by atoms with van der Waals surface area (Å²) in [6.45, 7) is 6.96. The van der Waals surface area contributed by atoms with Gasteiger partial charge in [0.1, 0.15) is 5.75 Å². The van der Waals surface area contributed by atoms with Gasteiger partial charge in [0.2, 0.25) is 5.95 Å². The zero-order valence-corrected chi connectivity index (χ0v) is 16.8. The number of fused-ring (bicyclic) bond motifs is 1. The van der Waals surface area contributed by atoms with E-state index in [0.29, 0.717) is 11.7 Å². The van der Waals surface area contributed by atoms with Gasteiger partial charge >= 0.3 is 5.97 Å². The number of carbonyl (C=O) groups is 1. The minimum absolute atomic E-state index is 0.430. The fourth-order valence-electron chi connectivity index (χ4n) is 3.63. The molecule has 1 fully saturated rings. The second-order valence-electron chi connectivity index (χ2n) is 7.31. The molecule has 154 valence electrons. The molecule has 0 aliphatic carbocycles. The Kier molecular flexibility index (Phi) is 5.80. The number of methoxy groups -OCH3 is 1. The molecule has 0 N–H and O–H groups in total. The minimum atomic E-state index is -0.692. The summed E-state index contributed by atoms with van der Waals surface area (Å²) in [6, 6.07) is 6.56. The van der Waals surface area contributed by atoms with Crippen molar-refractivity contribution in [2.45, 2.75) is 26.0 Å². The maximum absolute atomic E-state index is 11.4. The van der Waals surface area contributed by atoms with Gasteiger partial charge in [-0.15, -0.1) is 0 Å². The third-order valence-corrected chi connectivity index (χ3v) is 5.28. The Labute approximate surface area is 170 Å². The first-order chi connectivity index (χ1) is 14.1. The smallest absolute Gasteiger partial charge is 0.346 e. The summed E-state index contributed by atoms with van der Waals surface area (Å²) >= 11 is 0. The van der Waals surface area contributed by atoms with Crippen LogP contribution in [0.1, 0.15) is 18.1 Å². The van der Waals surface area contributed by atoms with Crippen LogP contribution in [0.2, 0.25) is 0 Å². The lowest BCUT2D eigenvalue weighted by molar-refractivity contribution is -0.147. The number of ether oxygens (including phenoxy) is 3. The zero-order chi connectivity index (χ0) is 20.2. The van der Waals surface area contributed by atoms with Gasteiger partial charge < -0.3 is 19.1 Å². The van der Waals surface area contributed by atoms with E-state index in [1.165, 1.54) is 18.2 Å². The Hall–Kier alpha value is -2.87. The van der Waals surface area contributed by atoms with Crippen LogP contribution in [-0.4, -0.2) is 66.8 Å². The molecule has 1 atom stereocenters. The molecule has 1 aromatic heterocycles. The van der Waals surface area contributed by atoms with E-state index >= 15 is 0 Å². The summed E-state index contributed by atoms with van der Waals surface area (Å²) in [5, 5.41) is 0. The van der Waals surface area contributed by atoms with Crippen molar-refractivity contribution in [3.05, 3.63) is 41.7 Å². The van der Waals surface area contributed by atoms with Crippen molar-refractivity contribution in [3.8, 4) is 11.5 Å². The molecule has 29 heavy (non-hydrogen) atoms. The molecule has 0 unspecified atom stereocenters. The highest BCUT2D eigenvalue weighted by Gasteiger charge is 2.21. The predicted molar refractivity (Wildman–Crippen MR) is 107 cm³/mol. The summed E-state index contributed by atoms with van der Waals surface area (Å²) in [7, 11) is 1.33. The lowest BCUT2D eigenvalue weighted by Crippen LogP contribution is -2.46. The van der Waals surface area contributed by atoms with Crippen molar-refractivity contribution in [2.24, 2.45) is 0 Å². The van der Waals surface area contributed by atoms with Crippen LogP contribution in [-0.2, 0) is 22.5 Å². The Bertz CT molecular complexity index is 850. The lowest BCUT2D eigenvalue weighted by atomic mass is 10.1. The van der Waals surface area contributed by atoms with Crippen LogP contribution in [0.3, 0.4) is 0 Å². The van der Waals surface area contributed by atoms with E-state index in [4.69, 9.17) is 9.47 Å². The summed E-state index contributed by atoms with van der Waals surface area (Å²) < 4.78 is 15.8. The second-order valence-corrected chi connectivity index (χ2v) is 7.31. The second kappa shape index (κ2) is 8.65. The number of rotatable bonds is 6. The molecule has 2 aliphatic rings. The Morgan fingerprint density at radius 2 is 1.97 bits per heavy atom. The predicted octanol–water partition coefficient (Wildman–Crippen LogP) is 1.67. The molecule has 0 saturated carbocycles. The quantitative estimate of drug-likeness (QED) is 0.680. The van der Waals surface area contributed by atoms with E-state index < -0.39 is 12.1 Å². The van der Waals surface area contributed by atoms with Crippen LogP contribution in [0.4, 0.5) is 5.95 Å². The van der Waals surface area contributed by atoms with Gasteiger partial charge in [-0.1, -0.05) is 12.1 Å². The standard InChI is InChI=1S/C21H26N4O4/c1-15(20(26)27-2)29-18-12-22-21(23-13-18)25-8-6-24(7-9-25)14-16-3-4-17-5-10-28-19(17)11-16/h3-4,11-13,15H,5-10,14H2,1-2H3/t15-/m0/s1. The summed E-state index contributed by atoms with van der Waals surface area (Å²) in [6.07, 6.45) is 3.51. The van der Waals surface area contributed by atoms with Gasteiger partial charge in [-0.2, -0.15) is 0 Å². The van der Waals surface area contributed by atoms with Crippen LogP contribution in [0.5, 0.6) is 11.5 Å². The Morgan fingerprint density at radius 1 is 1.21 bits per heavy atom. The summed E-state index contributed by atoms with van der Waals surface area (Å²) in [5.74, 6) is 1.73. The van der Waals surface area contributed by atoms with Crippen LogP contribution in [0.25, 0.3) is 0 Å². The summed E-state index contributed by atoms with van der Waals surface area (Å²) in [4.78, 5) is 24.8. The number of carbonyl (C=O) groups excluding carboxylic acids is 1. The SMILES string of the molecule is COC(=O)[C@H](C)Oc1cnc(N2CCN(Cc3ccc4c(c3)OCC4)CC2)nc1. The molecule has 8 nitrogen and oxygen atoms in total. The molecule has 3 heterocycles. The van der Waals surface area contributed by atoms with E-state index in [0.717, 1.165) is 51.5 Å². The molecule has 1 aromatic carbocycles. The van der Waals surface area contributed by atoms with E-state index in [1.807, 2.05) is 0 Å². The van der Waals surface area contributed by atoms with Gasteiger partial charge in [0, 0.05) is 39.1 Å². The largest absolute Gasteiger partial charge is 0.493 e. The average Bonchev–Trinajstić information content (AvgIpc) is 3.22. The lowest BCUT2D eigenvalue weighted by Gasteiger charge is -2.34. The van der Waals surface area contributed by atoms with Gasteiger partial charge in [-0.05, 0) is 24.1 Å². The van der Waals surface area contributed by atoms with Gasteiger partial charge in [0.05, 0.1) is 26.1 Å². The number of hydrogen-bond donors (Lipinski definition) is 0. The highest BCUT2D eigenvalue weighted by atomic mass is 16.6. The molecule has 0 amide bonds. The number of esters is 1. The summed E-state index contributed by atoms with van der Waals surface area (Å²) in [5.41, 5.74) is 2.60. The number of nitrogens with zero attached hydrogens (tertiary/aromatic N) is 4. The van der Waals surface area contributed by atoms with Crippen LogP contribution >= 0.6 is 0 Å². The first-order valence-electron chi connectivity index (χ1n) is 9.91. The molecule has 4 rings (SSSR count). The van der Waals surface area contributed by atoms with E-state index in [-0.39, 0.29) is 0 Å². The van der Waals surface area contributed by atoms with E-state index in [2.05, 4.69) is 42.7 Å². The fraction of sp³-hybridized carbons (Fsp3) is 0.476. The monoisotopic (exact) mass is 398 g/mol. The maximum Gasteiger partial charge on any atom is 0.346 e. The molecule has 2 aromatic rings. The molecular weight excluding hydrogens is 372 g/mol. The van der Waals surface area contributed by atoms with Gasteiger partial charge in [0.25, 0.3) is 0 Å². The van der Waals surface area contributed by atoms with Crippen molar-refractivity contribution < 1.29 is 19.0 Å². The van der Waals surface area contributed by atoms with Gasteiger partial charge in [-0.3, -0.25) is 4.90 Å². The van der Waals surface area contributed by atoms with Crippen LogP contribution in [0, 0.1) is 0 Å². The average molecular weight is 398 g/mol. The Morgan fingerprint density at radius 3 is 2.69 bits per heavy atom. The molecule has 8 heteroatoms. The van der Waals surface area contributed by atoms with E-state index in [9.17, 15) is 4.79 Å². The minimum Gasteiger partial charge on any atom is -0.493 e. The Balaban J connectivity index is 1.28.